The number of carboxylic acid groups (broad SMARTS) is 1. The summed E-state index contributed by atoms with van der Waals surface area (Å²) in [5.41, 5.74) is 0.732. The molecule has 0 aliphatic carbocycles. The molecule has 1 aromatic carbocycles. The van der Waals surface area contributed by atoms with Crippen LogP contribution in [0.15, 0.2) is 24.3 Å². The number of carbonyl (C=O) groups is 2. The van der Waals surface area contributed by atoms with Gasteiger partial charge in [0, 0.05) is 5.69 Å². The van der Waals surface area contributed by atoms with Crippen molar-refractivity contribution in [3.8, 4) is 0 Å². The van der Waals surface area contributed by atoms with E-state index >= 15 is 0 Å². The highest BCUT2D eigenvalue weighted by Gasteiger charge is 2.27. The number of carbonyl (C=O) groups excluding carboxylic acids is 1. The topological polar surface area (TPSA) is 75.6 Å². The summed E-state index contributed by atoms with van der Waals surface area (Å²) in [6.45, 7) is -1.78. The number of ether oxygens (including phenoxy) is 1. The number of nitrogens with one attached hydrogen (secondary N) is 1. The number of rotatable bonds is 7. The molecule has 0 fully saturated rings. The van der Waals surface area contributed by atoms with E-state index in [1.807, 2.05) is 0 Å². The Morgan fingerprint density at radius 1 is 1.24 bits per heavy atom. The Kier molecular flexibility index (Phi) is 6.16. The number of hydrogen-bond donors (Lipinski definition) is 2. The second-order valence-corrected chi connectivity index (χ2v) is 4.19. The van der Waals surface area contributed by atoms with Crippen molar-refractivity contribution in [3.63, 3.8) is 0 Å². The van der Waals surface area contributed by atoms with Crippen LogP contribution in [0.2, 0.25) is 0 Å². The first kappa shape index (κ1) is 17.0. The molecule has 1 aromatic rings. The van der Waals surface area contributed by atoms with Crippen molar-refractivity contribution >= 4 is 17.6 Å². The number of alkyl halides is 3. The fraction of sp³-hybridized carbons (Fsp3) is 0.385. The Balaban J connectivity index is 2.46. The minimum Gasteiger partial charge on any atom is -0.481 e. The van der Waals surface area contributed by atoms with Crippen molar-refractivity contribution in [2.45, 2.75) is 19.0 Å². The fourth-order valence-corrected chi connectivity index (χ4v) is 1.52. The third-order valence-electron chi connectivity index (χ3n) is 2.37. The molecule has 21 heavy (non-hydrogen) atoms. The van der Waals surface area contributed by atoms with Crippen molar-refractivity contribution in [1.82, 2.24) is 0 Å². The SMILES string of the molecule is O=C(O)Cc1ccccc1NC(=O)CCOCC(F)(F)F. The van der Waals surface area contributed by atoms with E-state index in [9.17, 15) is 22.8 Å². The molecule has 1 amide bonds. The number of benzene rings is 1. The quantitative estimate of drug-likeness (QED) is 0.757. The normalized spacial score (nSPS) is 11.2. The summed E-state index contributed by atoms with van der Waals surface area (Å²) in [5, 5.41) is 11.2. The van der Waals surface area contributed by atoms with Crippen LogP contribution >= 0.6 is 0 Å². The van der Waals surface area contributed by atoms with Gasteiger partial charge in [-0.05, 0) is 11.6 Å². The standard InChI is InChI=1S/C13H14F3NO4/c14-13(15,16)8-21-6-5-11(18)17-10-4-2-1-3-9(10)7-12(19)20/h1-4H,5-8H2,(H,17,18)(H,19,20). The molecule has 2 N–H and O–H groups in total. The van der Waals surface area contributed by atoms with E-state index < -0.39 is 24.7 Å². The zero-order valence-electron chi connectivity index (χ0n) is 10.9. The Bertz CT molecular complexity index is 502. The largest absolute Gasteiger partial charge is 0.481 e. The monoisotopic (exact) mass is 305 g/mol. The minimum absolute atomic E-state index is 0.252. The number of halogens is 3. The van der Waals surface area contributed by atoms with Crippen molar-refractivity contribution in [3.05, 3.63) is 29.8 Å². The molecule has 0 unspecified atom stereocenters. The summed E-state index contributed by atoms with van der Waals surface area (Å²) < 4.78 is 39.8. The number of anilines is 1. The summed E-state index contributed by atoms with van der Waals surface area (Å²) in [7, 11) is 0. The molecule has 1 rings (SSSR count). The van der Waals surface area contributed by atoms with Crippen LogP contribution in [0, 0.1) is 0 Å². The maximum Gasteiger partial charge on any atom is 0.411 e. The van der Waals surface area contributed by atoms with Crippen LogP contribution < -0.4 is 5.32 Å². The third kappa shape index (κ3) is 7.31. The number of carboxylic acids is 1. The second kappa shape index (κ2) is 7.63. The van der Waals surface area contributed by atoms with Crippen LogP contribution in [0.4, 0.5) is 18.9 Å². The van der Waals surface area contributed by atoms with Crippen LogP contribution in [-0.4, -0.2) is 36.4 Å². The van der Waals surface area contributed by atoms with Gasteiger partial charge in [-0.25, -0.2) is 0 Å². The Morgan fingerprint density at radius 3 is 2.52 bits per heavy atom. The highest BCUT2D eigenvalue weighted by molar-refractivity contribution is 5.92. The number of aliphatic carboxylic acids is 1. The van der Waals surface area contributed by atoms with Crippen molar-refractivity contribution in [1.29, 1.82) is 0 Å². The summed E-state index contributed by atoms with van der Waals surface area (Å²) in [6, 6.07) is 6.30. The molecular formula is C13H14F3NO4. The van der Waals surface area contributed by atoms with E-state index in [1.165, 1.54) is 6.07 Å². The molecule has 0 spiro atoms. The van der Waals surface area contributed by atoms with E-state index in [1.54, 1.807) is 18.2 Å². The van der Waals surface area contributed by atoms with Crippen LogP contribution in [0.5, 0.6) is 0 Å². The van der Waals surface area contributed by atoms with Crippen LogP contribution in [0.3, 0.4) is 0 Å². The van der Waals surface area contributed by atoms with Crippen molar-refractivity contribution < 1.29 is 32.6 Å². The predicted octanol–water partition coefficient (Wildman–Crippen LogP) is 2.22. The van der Waals surface area contributed by atoms with E-state index in [-0.39, 0.29) is 19.4 Å². The van der Waals surface area contributed by atoms with Crippen LogP contribution in [0.1, 0.15) is 12.0 Å². The van der Waals surface area contributed by atoms with Crippen molar-refractivity contribution in [2.75, 3.05) is 18.5 Å². The lowest BCUT2D eigenvalue weighted by Gasteiger charge is -2.10. The predicted molar refractivity (Wildman–Crippen MR) is 67.9 cm³/mol. The summed E-state index contributed by atoms with van der Waals surface area (Å²) in [4.78, 5) is 22.2. The molecule has 5 nitrogen and oxygen atoms in total. The second-order valence-electron chi connectivity index (χ2n) is 4.19. The first-order chi connectivity index (χ1) is 9.78. The van der Waals surface area contributed by atoms with Gasteiger partial charge in [0.25, 0.3) is 0 Å². The van der Waals surface area contributed by atoms with Gasteiger partial charge in [0.05, 0.1) is 19.4 Å². The Hall–Kier alpha value is -2.09. The van der Waals surface area contributed by atoms with Crippen LogP contribution in [-0.2, 0) is 20.7 Å². The number of amides is 1. The first-order valence-corrected chi connectivity index (χ1v) is 6.02. The van der Waals surface area contributed by atoms with Crippen LogP contribution in [0.25, 0.3) is 0 Å². The number of hydrogen-bond acceptors (Lipinski definition) is 3. The zero-order valence-corrected chi connectivity index (χ0v) is 10.9. The molecule has 0 heterocycles. The van der Waals surface area contributed by atoms with Gasteiger partial charge in [0.2, 0.25) is 5.91 Å². The third-order valence-corrected chi connectivity index (χ3v) is 2.37. The highest BCUT2D eigenvalue weighted by Crippen LogP contribution is 2.16. The summed E-state index contributed by atoms with van der Waals surface area (Å²) in [6.07, 6.45) is -4.94. The van der Waals surface area contributed by atoms with Gasteiger partial charge in [-0.1, -0.05) is 18.2 Å². The molecule has 0 aromatic heterocycles. The molecular weight excluding hydrogens is 291 g/mol. The van der Waals surface area contributed by atoms with Crippen molar-refractivity contribution in [2.24, 2.45) is 0 Å². The highest BCUT2D eigenvalue weighted by atomic mass is 19.4. The molecule has 0 atom stereocenters. The van der Waals surface area contributed by atoms with Gasteiger partial charge in [0.15, 0.2) is 0 Å². The van der Waals surface area contributed by atoms with Gasteiger partial charge >= 0.3 is 12.1 Å². The van der Waals surface area contributed by atoms with E-state index in [4.69, 9.17) is 5.11 Å². The lowest BCUT2D eigenvalue weighted by Crippen LogP contribution is -2.20. The van der Waals surface area contributed by atoms with E-state index in [2.05, 4.69) is 10.1 Å². The molecule has 0 saturated carbocycles. The Labute approximate surface area is 118 Å². The lowest BCUT2D eigenvalue weighted by atomic mass is 10.1. The molecule has 0 radical (unpaired) electrons. The van der Waals surface area contributed by atoms with E-state index in [0.29, 0.717) is 11.3 Å². The molecule has 0 aliphatic heterocycles. The lowest BCUT2D eigenvalue weighted by molar-refractivity contribution is -0.174. The maximum absolute atomic E-state index is 11.8. The smallest absolute Gasteiger partial charge is 0.411 e. The van der Waals surface area contributed by atoms with Gasteiger partial charge in [-0.2, -0.15) is 13.2 Å². The molecule has 0 bridgehead atoms. The molecule has 0 saturated heterocycles. The van der Waals surface area contributed by atoms with E-state index in [0.717, 1.165) is 0 Å². The zero-order chi connectivity index (χ0) is 15.9. The molecule has 8 heteroatoms. The maximum atomic E-state index is 11.8. The van der Waals surface area contributed by atoms with Gasteiger partial charge in [0.1, 0.15) is 6.61 Å². The molecule has 116 valence electrons. The minimum atomic E-state index is -4.43. The van der Waals surface area contributed by atoms with Gasteiger partial charge < -0.3 is 15.2 Å². The number of para-hydroxylation sites is 1. The first-order valence-electron chi connectivity index (χ1n) is 6.02. The molecule has 0 aliphatic rings. The van der Waals surface area contributed by atoms with Gasteiger partial charge in [-0.15, -0.1) is 0 Å². The average molecular weight is 305 g/mol. The Morgan fingerprint density at radius 2 is 1.90 bits per heavy atom. The summed E-state index contributed by atoms with van der Waals surface area (Å²) in [5.74, 6) is -1.60. The average Bonchev–Trinajstić information content (AvgIpc) is 2.35. The van der Waals surface area contributed by atoms with Gasteiger partial charge in [-0.3, -0.25) is 9.59 Å². The summed E-state index contributed by atoms with van der Waals surface area (Å²) >= 11 is 0. The fourth-order valence-electron chi connectivity index (χ4n) is 1.52.